The van der Waals surface area contributed by atoms with E-state index in [1.54, 1.807) is 13.1 Å². The predicted molar refractivity (Wildman–Crippen MR) is 61.3 cm³/mol. The lowest BCUT2D eigenvalue weighted by Gasteiger charge is -2.10. The average Bonchev–Trinajstić information content (AvgIpc) is 2.76. The second-order valence-electron chi connectivity index (χ2n) is 3.97. The molecule has 102 valence electrons. The molecule has 2 rings (SSSR count). The molecule has 0 aliphatic rings. The van der Waals surface area contributed by atoms with Gasteiger partial charge in [-0.05, 0) is 18.7 Å². The largest absolute Gasteiger partial charge is 0.416 e. The molecule has 19 heavy (non-hydrogen) atoms. The quantitative estimate of drug-likeness (QED) is 0.927. The summed E-state index contributed by atoms with van der Waals surface area (Å²) in [6.07, 6.45) is -4.39. The van der Waals surface area contributed by atoms with Crippen LogP contribution in [-0.2, 0) is 19.1 Å². The van der Waals surface area contributed by atoms with E-state index in [1.807, 2.05) is 0 Å². The first-order valence-corrected chi connectivity index (χ1v) is 5.62. The highest BCUT2D eigenvalue weighted by Crippen LogP contribution is 2.32. The van der Waals surface area contributed by atoms with E-state index < -0.39 is 11.7 Å². The number of aromatic nitrogens is 2. The monoisotopic (exact) mass is 271 g/mol. The van der Waals surface area contributed by atoms with E-state index in [0.717, 1.165) is 6.07 Å². The molecule has 7 heteroatoms. The fourth-order valence-electron chi connectivity index (χ4n) is 1.71. The first-order valence-electron chi connectivity index (χ1n) is 5.62. The fourth-order valence-corrected chi connectivity index (χ4v) is 1.71. The van der Waals surface area contributed by atoms with Crippen molar-refractivity contribution in [1.29, 1.82) is 0 Å². The predicted octanol–water partition coefficient (Wildman–Crippen LogP) is 2.40. The normalized spacial score (nSPS) is 11.8. The van der Waals surface area contributed by atoms with Crippen molar-refractivity contribution in [3.63, 3.8) is 0 Å². The Morgan fingerprint density at radius 3 is 2.68 bits per heavy atom. The van der Waals surface area contributed by atoms with Crippen LogP contribution in [0.3, 0.4) is 0 Å². The highest BCUT2D eigenvalue weighted by Gasteiger charge is 2.33. The van der Waals surface area contributed by atoms with Crippen LogP contribution in [0.5, 0.6) is 0 Å². The van der Waals surface area contributed by atoms with E-state index in [1.165, 1.54) is 12.1 Å². The summed E-state index contributed by atoms with van der Waals surface area (Å²) in [6.45, 7) is 0.383. The molecule has 0 unspecified atom stereocenters. The van der Waals surface area contributed by atoms with Crippen LogP contribution in [0, 0.1) is 0 Å². The van der Waals surface area contributed by atoms with Crippen LogP contribution in [0.1, 0.15) is 22.8 Å². The van der Waals surface area contributed by atoms with Crippen LogP contribution in [0.15, 0.2) is 28.8 Å². The van der Waals surface area contributed by atoms with E-state index in [2.05, 4.69) is 15.5 Å². The number of benzene rings is 1. The lowest BCUT2D eigenvalue weighted by Crippen LogP contribution is -2.10. The molecule has 2 aromatic rings. The molecule has 4 nitrogen and oxygen atoms in total. The molecule has 0 saturated heterocycles. The first-order chi connectivity index (χ1) is 9.00. The Hall–Kier alpha value is -1.89. The zero-order chi connectivity index (χ0) is 13.9. The topological polar surface area (TPSA) is 51.0 Å². The van der Waals surface area contributed by atoms with Gasteiger partial charge in [0.25, 0.3) is 0 Å². The van der Waals surface area contributed by atoms with Gasteiger partial charge in [0.1, 0.15) is 0 Å². The highest BCUT2D eigenvalue weighted by atomic mass is 19.4. The number of alkyl halides is 3. The van der Waals surface area contributed by atoms with Crippen LogP contribution in [-0.4, -0.2) is 17.2 Å². The lowest BCUT2D eigenvalue weighted by molar-refractivity contribution is -0.138. The van der Waals surface area contributed by atoms with Gasteiger partial charge in [-0.3, -0.25) is 0 Å². The van der Waals surface area contributed by atoms with Crippen molar-refractivity contribution in [2.75, 3.05) is 7.05 Å². The Bertz CT molecular complexity index is 551. The molecule has 1 N–H and O–H groups in total. The Kier molecular flexibility index (Phi) is 3.84. The number of hydrogen-bond donors (Lipinski definition) is 1. The van der Waals surface area contributed by atoms with Gasteiger partial charge in [-0.1, -0.05) is 23.4 Å². The molecule has 0 radical (unpaired) electrons. The molecule has 1 aromatic carbocycles. The minimum Gasteiger partial charge on any atom is -0.338 e. The lowest BCUT2D eigenvalue weighted by atomic mass is 10.0. The molecule has 0 saturated carbocycles. The standard InChI is InChI=1S/C12H12F3N3O/c1-16-7-11-17-10(18-19-11)6-8-4-2-3-5-9(8)12(13,14)15/h2-5,16H,6-7H2,1H3. The van der Waals surface area contributed by atoms with Crippen LogP contribution < -0.4 is 5.32 Å². The third kappa shape index (κ3) is 3.31. The van der Waals surface area contributed by atoms with Crippen molar-refractivity contribution in [3.8, 4) is 0 Å². The van der Waals surface area contributed by atoms with Gasteiger partial charge in [0.15, 0.2) is 5.82 Å². The Labute approximate surface area is 107 Å². The van der Waals surface area contributed by atoms with Crippen molar-refractivity contribution in [3.05, 3.63) is 47.1 Å². The van der Waals surface area contributed by atoms with Gasteiger partial charge in [-0.2, -0.15) is 18.2 Å². The summed E-state index contributed by atoms with van der Waals surface area (Å²) >= 11 is 0. The molecule has 0 fully saturated rings. The highest BCUT2D eigenvalue weighted by molar-refractivity contribution is 5.31. The summed E-state index contributed by atoms with van der Waals surface area (Å²) in [5, 5.41) is 6.48. The second kappa shape index (κ2) is 5.40. The second-order valence-corrected chi connectivity index (χ2v) is 3.97. The van der Waals surface area contributed by atoms with Crippen LogP contribution in [0.2, 0.25) is 0 Å². The van der Waals surface area contributed by atoms with E-state index >= 15 is 0 Å². The average molecular weight is 271 g/mol. The summed E-state index contributed by atoms with van der Waals surface area (Å²) in [6, 6.07) is 5.37. The molecule has 0 aliphatic carbocycles. The minimum atomic E-state index is -4.38. The molecule has 0 atom stereocenters. The SMILES string of the molecule is CNCc1nc(Cc2ccccc2C(F)(F)F)no1. The van der Waals surface area contributed by atoms with E-state index in [4.69, 9.17) is 4.52 Å². The van der Waals surface area contributed by atoms with Gasteiger partial charge in [0, 0.05) is 6.42 Å². The van der Waals surface area contributed by atoms with Gasteiger partial charge in [0.2, 0.25) is 5.89 Å². The van der Waals surface area contributed by atoms with Crippen molar-refractivity contribution in [1.82, 2.24) is 15.5 Å². The summed E-state index contributed by atoms with van der Waals surface area (Å²) in [7, 11) is 1.71. The Morgan fingerprint density at radius 2 is 2.00 bits per heavy atom. The number of rotatable bonds is 4. The van der Waals surface area contributed by atoms with Crippen molar-refractivity contribution < 1.29 is 17.7 Å². The van der Waals surface area contributed by atoms with Crippen LogP contribution in [0.4, 0.5) is 13.2 Å². The van der Waals surface area contributed by atoms with Crippen molar-refractivity contribution >= 4 is 0 Å². The Morgan fingerprint density at radius 1 is 1.26 bits per heavy atom. The van der Waals surface area contributed by atoms with E-state index in [9.17, 15) is 13.2 Å². The summed E-state index contributed by atoms with van der Waals surface area (Å²) < 4.78 is 43.3. The summed E-state index contributed by atoms with van der Waals surface area (Å²) in [5.41, 5.74) is -0.540. The summed E-state index contributed by atoms with van der Waals surface area (Å²) in [5.74, 6) is 0.587. The molecular weight excluding hydrogens is 259 g/mol. The minimum absolute atomic E-state index is 0.0110. The molecule has 0 aliphatic heterocycles. The van der Waals surface area contributed by atoms with Crippen molar-refractivity contribution in [2.45, 2.75) is 19.1 Å². The maximum absolute atomic E-state index is 12.8. The summed E-state index contributed by atoms with van der Waals surface area (Å²) in [4.78, 5) is 4.01. The molecule has 0 spiro atoms. The third-order valence-electron chi connectivity index (χ3n) is 2.51. The number of halogens is 3. The maximum atomic E-state index is 12.8. The maximum Gasteiger partial charge on any atom is 0.416 e. The van der Waals surface area contributed by atoms with Crippen molar-refractivity contribution in [2.24, 2.45) is 0 Å². The zero-order valence-electron chi connectivity index (χ0n) is 10.2. The van der Waals surface area contributed by atoms with Gasteiger partial charge in [0.05, 0.1) is 12.1 Å². The molecule has 1 heterocycles. The first kappa shape index (κ1) is 13.5. The molecule has 1 aromatic heterocycles. The third-order valence-corrected chi connectivity index (χ3v) is 2.51. The zero-order valence-corrected chi connectivity index (χ0v) is 10.2. The molecular formula is C12H12F3N3O. The number of nitrogens with zero attached hydrogens (tertiary/aromatic N) is 2. The number of hydrogen-bond acceptors (Lipinski definition) is 4. The van der Waals surface area contributed by atoms with Gasteiger partial charge in [-0.25, -0.2) is 0 Å². The van der Waals surface area contributed by atoms with Crippen LogP contribution in [0.25, 0.3) is 0 Å². The fraction of sp³-hybridized carbons (Fsp3) is 0.333. The smallest absolute Gasteiger partial charge is 0.338 e. The van der Waals surface area contributed by atoms with E-state index in [0.29, 0.717) is 12.4 Å². The molecule has 0 amide bonds. The van der Waals surface area contributed by atoms with Crippen LogP contribution >= 0.6 is 0 Å². The van der Waals surface area contributed by atoms with Gasteiger partial charge >= 0.3 is 6.18 Å². The number of nitrogens with one attached hydrogen (secondary N) is 1. The van der Waals surface area contributed by atoms with Gasteiger partial charge in [-0.15, -0.1) is 0 Å². The van der Waals surface area contributed by atoms with Gasteiger partial charge < -0.3 is 9.84 Å². The van der Waals surface area contributed by atoms with E-state index in [-0.39, 0.29) is 17.8 Å². The Balaban J connectivity index is 2.23. The molecule has 0 bridgehead atoms.